The van der Waals surface area contributed by atoms with E-state index in [2.05, 4.69) is 9.97 Å². The maximum atomic E-state index is 9.58. The summed E-state index contributed by atoms with van der Waals surface area (Å²) < 4.78 is 0. The van der Waals surface area contributed by atoms with Gasteiger partial charge in [-0.2, -0.15) is 0 Å². The van der Waals surface area contributed by atoms with E-state index in [0.717, 1.165) is 5.82 Å². The minimum absolute atomic E-state index is 0.602. The van der Waals surface area contributed by atoms with E-state index in [1.165, 1.54) is 0 Å². The van der Waals surface area contributed by atoms with Crippen molar-refractivity contribution in [2.75, 3.05) is 13.6 Å². The first-order chi connectivity index (χ1) is 6.47. The maximum Gasteiger partial charge on any atom is 0.142 e. The highest BCUT2D eigenvalue weighted by molar-refractivity contribution is 4.88. The van der Waals surface area contributed by atoms with Crippen LogP contribution in [-0.4, -0.2) is 39.2 Å². The minimum atomic E-state index is -0.677. The van der Waals surface area contributed by atoms with Crippen LogP contribution in [0.5, 0.6) is 0 Å². The first kappa shape index (κ1) is 11.1. The molecule has 1 aromatic heterocycles. The number of aromatic nitrogens is 2. The molecule has 1 rings (SSSR count). The van der Waals surface area contributed by atoms with E-state index in [9.17, 15) is 5.11 Å². The van der Waals surface area contributed by atoms with Gasteiger partial charge >= 0.3 is 0 Å². The van der Waals surface area contributed by atoms with Crippen LogP contribution in [-0.2, 0) is 6.54 Å². The molecule has 0 aliphatic carbocycles. The first-order valence-corrected chi connectivity index (χ1v) is 4.64. The van der Waals surface area contributed by atoms with E-state index in [4.69, 9.17) is 0 Å². The summed E-state index contributed by atoms with van der Waals surface area (Å²) in [5.41, 5.74) is -0.677. The summed E-state index contributed by atoms with van der Waals surface area (Å²) in [7, 11) is 1.94. The monoisotopic (exact) mass is 195 g/mol. The Labute approximate surface area is 84.6 Å². The zero-order valence-electron chi connectivity index (χ0n) is 8.94. The molecule has 1 N–H and O–H groups in total. The lowest BCUT2D eigenvalue weighted by Gasteiger charge is -2.24. The summed E-state index contributed by atoms with van der Waals surface area (Å²) in [5, 5.41) is 9.58. The van der Waals surface area contributed by atoms with E-state index in [-0.39, 0.29) is 0 Å². The van der Waals surface area contributed by atoms with Crippen LogP contribution in [0, 0.1) is 0 Å². The van der Waals surface area contributed by atoms with Gasteiger partial charge in [-0.1, -0.05) is 0 Å². The van der Waals surface area contributed by atoms with Crippen LogP contribution in [0.25, 0.3) is 0 Å². The van der Waals surface area contributed by atoms with Gasteiger partial charge in [-0.3, -0.25) is 4.90 Å². The third-order valence-electron chi connectivity index (χ3n) is 1.69. The van der Waals surface area contributed by atoms with Gasteiger partial charge in [0.25, 0.3) is 0 Å². The highest BCUT2D eigenvalue weighted by Gasteiger charge is 2.15. The summed E-state index contributed by atoms with van der Waals surface area (Å²) in [6, 6.07) is 1.79. The summed E-state index contributed by atoms with van der Waals surface area (Å²) in [5.74, 6) is 0.777. The molecule has 0 saturated carbocycles. The van der Waals surface area contributed by atoms with Crippen molar-refractivity contribution in [2.45, 2.75) is 26.0 Å². The number of aliphatic hydroxyl groups is 1. The Bertz CT molecular complexity index is 268. The molecule has 14 heavy (non-hydrogen) atoms. The molecule has 0 aliphatic rings. The molecule has 78 valence electrons. The smallest absolute Gasteiger partial charge is 0.142 e. The molecule has 0 unspecified atom stereocenters. The lowest BCUT2D eigenvalue weighted by atomic mass is 10.1. The van der Waals surface area contributed by atoms with E-state index in [1.807, 2.05) is 11.9 Å². The van der Waals surface area contributed by atoms with Gasteiger partial charge in [0.15, 0.2) is 0 Å². The molecule has 0 fully saturated rings. The number of likely N-dealkylation sites (N-methyl/N-ethyl adjacent to an activating group) is 1. The highest BCUT2D eigenvalue weighted by Crippen LogP contribution is 2.04. The van der Waals surface area contributed by atoms with Crippen LogP contribution in [0.2, 0.25) is 0 Å². The Hall–Kier alpha value is -1.00. The van der Waals surface area contributed by atoms with Crippen LogP contribution in [0.4, 0.5) is 0 Å². The fraction of sp³-hybridized carbons (Fsp3) is 0.600. The van der Waals surface area contributed by atoms with Gasteiger partial charge in [0.05, 0.1) is 12.1 Å². The molecule has 0 amide bonds. The molecular weight excluding hydrogens is 178 g/mol. The number of hydrogen-bond donors (Lipinski definition) is 1. The summed E-state index contributed by atoms with van der Waals surface area (Å²) in [6.07, 6.45) is 3.44. The molecular formula is C10H17N3O. The van der Waals surface area contributed by atoms with Crippen molar-refractivity contribution >= 4 is 0 Å². The Balaban J connectivity index is 2.46. The van der Waals surface area contributed by atoms with Gasteiger partial charge < -0.3 is 5.11 Å². The topological polar surface area (TPSA) is 49.2 Å². The van der Waals surface area contributed by atoms with Crippen molar-refractivity contribution in [2.24, 2.45) is 0 Å². The van der Waals surface area contributed by atoms with Gasteiger partial charge in [0.1, 0.15) is 5.82 Å². The second-order valence-electron chi connectivity index (χ2n) is 4.15. The second-order valence-corrected chi connectivity index (χ2v) is 4.15. The van der Waals surface area contributed by atoms with Crippen LogP contribution in [0.15, 0.2) is 18.5 Å². The number of nitrogens with zero attached hydrogens (tertiary/aromatic N) is 3. The van der Waals surface area contributed by atoms with E-state index >= 15 is 0 Å². The molecule has 0 aliphatic heterocycles. The Kier molecular flexibility index (Phi) is 3.55. The van der Waals surface area contributed by atoms with Crippen molar-refractivity contribution in [3.05, 3.63) is 24.3 Å². The molecule has 1 heterocycles. The zero-order chi connectivity index (χ0) is 10.6. The average Bonchev–Trinajstić information content (AvgIpc) is 2.02. The van der Waals surface area contributed by atoms with Crippen molar-refractivity contribution in [1.82, 2.24) is 14.9 Å². The maximum absolute atomic E-state index is 9.58. The Morgan fingerprint density at radius 3 is 2.43 bits per heavy atom. The first-order valence-electron chi connectivity index (χ1n) is 4.64. The second kappa shape index (κ2) is 4.48. The highest BCUT2D eigenvalue weighted by atomic mass is 16.3. The van der Waals surface area contributed by atoms with Crippen molar-refractivity contribution in [1.29, 1.82) is 0 Å². The van der Waals surface area contributed by atoms with Crippen molar-refractivity contribution in [3.8, 4) is 0 Å². The molecule has 4 heteroatoms. The molecule has 0 radical (unpaired) electrons. The zero-order valence-corrected chi connectivity index (χ0v) is 8.94. The minimum Gasteiger partial charge on any atom is -0.389 e. The van der Waals surface area contributed by atoms with Gasteiger partial charge in [-0.05, 0) is 27.0 Å². The quantitative estimate of drug-likeness (QED) is 0.767. The third-order valence-corrected chi connectivity index (χ3v) is 1.69. The molecule has 0 bridgehead atoms. The summed E-state index contributed by atoms with van der Waals surface area (Å²) in [6.45, 7) is 4.83. The Morgan fingerprint density at radius 1 is 1.36 bits per heavy atom. The predicted octanol–water partition coefficient (Wildman–Crippen LogP) is 0.679. The summed E-state index contributed by atoms with van der Waals surface area (Å²) in [4.78, 5) is 10.2. The third kappa shape index (κ3) is 4.30. The Morgan fingerprint density at radius 2 is 1.93 bits per heavy atom. The van der Waals surface area contributed by atoms with Gasteiger partial charge in [0, 0.05) is 18.9 Å². The lowest BCUT2D eigenvalue weighted by molar-refractivity contribution is 0.0418. The van der Waals surface area contributed by atoms with E-state index in [1.54, 1.807) is 32.3 Å². The summed E-state index contributed by atoms with van der Waals surface area (Å²) >= 11 is 0. The fourth-order valence-corrected chi connectivity index (χ4v) is 1.37. The largest absolute Gasteiger partial charge is 0.389 e. The van der Waals surface area contributed by atoms with E-state index in [0.29, 0.717) is 13.1 Å². The SMILES string of the molecule is CN(Cc1ncccn1)CC(C)(C)O. The molecule has 0 saturated heterocycles. The molecule has 4 nitrogen and oxygen atoms in total. The van der Waals surface area contributed by atoms with Gasteiger partial charge in [-0.15, -0.1) is 0 Å². The standard InChI is InChI=1S/C10H17N3O/c1-10(2,14)8-13(3)7-9-11-5-4-6-12-9/h4-6,14H,7-8H2,1-3H3. The number of hydrogen-bond acceptors (Lipinski definition) is 4. The van der Waals surface area contributed by atoms with Crippen LogP contribution >= 0.6 is 0 Å². The molecule has 1 aromatic rings. The van der Waals surface area contributed by atoms with Gasteiger partial charge in [-0.25, -0.2) is 9.97 Å². The average molecular weight is 195 g/mol. The van der Waals surface area contributed by atoms with Crippen LogP contribution in [0.3, 0.4) is 0 Å². The number of rotatable bonds is 4. The van der Waals surface area contributed by atoms with Crippen LogP contribution in [0.1, 0.15) is 19.7 Å². The van der Waals surface area contributed by atoms with Crippen LogP contribution < -0.4 is 0 Å². The normalized spacial score (nSPS) is 12.1. The fourth-order valence-electron chi connectivity index (χ4n) is 1.37. The molecule has 0 atom stereocenters. The van der Waals surface area contributed by atoms with Crippen molar-refractivity contribution < 1.29 is 5.11 Å². The molecule has 0 aromatic carbocycles. The predicted molar refractivity (Wildman–Crippen MR) is 54.7 cm³/mol. The lowest BCUT2D eigenvalue weighted by Crippen LogP contribution is -2.36. The van der Waals surface area contributed by atoms with Crippen molar-refractivity contribution in [3.63, 3.8) is 0 Å². The van der Waals surface area contributed by atoms with E-state index < -0.39 is 5.60 Å². The molecule has 0 spiro atoms. The van der Waals surface area contributed by atoms with Gasteiger partial charge in [0.2, 0.25) is 0 Å².